The van der Waals surface area contributed by atoms with Gasteiger partial charge in [0.1, 0.15) is 5.52 Å². The van der Waals surface area contributed by atoms with Crippen LogP contribution in [0.4, 0.5) is 5.82 Å². The van der Waals surface area contributed by atoms with E-state index in [0.717, 1.165) is 25.0 Å². The Hall–Kier alpha value is -2.87. The Morgan fingerprint density at radius 3 is 2.67 bits per heavy atom. The molecule has 8 heteroatoms. The van der Waals surface area contributed by atoms with E-state index in [0.29, 0.717) is 23.4 Å². The van der Waals surface area contributed by atoms with Crippen LogP contribution >= 0.6 is 0 Å². The number of hydrogen-bond acceptors (Lipinski definition) is 5. The Morgan fingerprint density at radius 1 is 1.19 bits per heavy atom. The molecule has 1 N–H and O–H groups in total. The fraction of sp³-hybridized carbons (Fsp3) is 0.421. The number of anilines is 1. The third kappa shape index (κ3) is 3.16. The number of aryl methyl sites for hydroxylation is 2. The Morgan fingerprint density at radius 2 is 1.96 bits per heavy atom. The SMILES string of the molecule is Cn1nc(NCC2CCCO2)c2c1c(=O)n(Cc1ccccc1)c(=O)n2C. The lowest BCUT2D eigenvalue weighted by molar-refractivity contribution is 0.120. The maximum atomic E-state index is 13.0. The molecule has 0 amide bonds. The van der Waals surface area contributed by atoms with Crippen LogP contribution in [-0.2, 0) is 25.4 Å². The third-order valence-corrected chi connectivity index (χ3v) is 5.03. The molecule has 1 saturated heterocycles. The highest BCUT2D eigenvalue weighted by atomic mass is 16.5. The summed E-state index contributed by atoms with van der Waals surface area (Å²) in [4.78, 5) is 25.9. The summed E-state index contributed by atoms with van der Waals surface area (Å²) in [5.74, 6) is 0.534. The van der Waals surface area contributed by atoms with Gasteiger partial charge in [-0.25, -0.2) is 4.79 Å². The molecule has 1 aliphatic heterocycles. The van der Waals surface area contributed by atoms with Crippen molar-refractivity contribution in [1.29, 1.82) is 0 Å². The van der Waals surface area contributed by atoms with Gasteiger partial charge in [0.2, 0.25) is 0 Å². The van der Waals surface area contributed by atoms with Gasteiger partial charge in [-0.05, 0) is 18.4 Å². The molecule has 142 valence electrons. The number of rotatable bonds is 5. The van der Waals surface area contributed by atoms with Crippen LogP contribution in [0.1, 0.15) is 18.4 Å². The van der Waals surface area contributed by atoms with E-state index >= 15 is 0 Å². The van der Waals surface area contributed by atoms with Gasteiger partial charge in [0, 0.05) is 27.2 Å². The van der Waals surface area contributed by atoms with Gasteiger partial charge in [0.15, 0.2) is 11.3 Å². The van der Waals surface area contributed by atoms with Crippen LogP contribution in [-0.4, -0.2) is 38.2 Å². The topological polar surface area (TPSA) is 83.1 Å². The molecule has 0 saturated carbocycles. The summed E-state index contributed by atoms with van der Waals surface area (Å²) in [7, 11) is 3.39. The quantitative estimate of drug-likeness (QED) is 0.727. The van der Waals surface area contributed by atoms with Crippen LogP contribution < -0.4 is 16.6 Å². The highest BCUT2D eigenvalue weighted by molar-refractivity contribution is 5.86. The molecule has 0 radical (unpaired) electrons. The molecule has 1 aliphatic rings. The van der Waals surface area contributed by atoms with Gasteiger partial charge in [-0.3, -0.25) is 18.6 Å². The van der Waals surface area contributed by atoms with E-state index in [9.17, 15) is 9.59 Å². The fourth-order valence-electron chi connectivity index (χ4n) is 3.60. The van der Waals surface area contributed by atoms with Crippen molar-refractivity contribution < 1.29 is 4.74 Å². The van der Waals surface area contributed by atoms with Crippen molar-refractivity contribution >= 4 is 16.9 Å². The average Bonchev–Trinajstić information content (AvgIpc) is 3.30. The fourth-order valence-corrected chi connectivity index (χ4v) is 3.60. The van der Waals surface area contributed by atoms with Crippen molar-refractivity contribution in [2.75, 3.05) is 18.5 Å². The van der Waals surface area contributed by atoms with Crippen LogP contribution in [0.5, 0.6) is 0 Å². The summed E-state index contributed by atoms with van der Waals surface area (Å²) in [5.41, 5.74) is 1.13. The highest BCUT2D eigenvalue weighted by Crippen LogP contribution is 2.19. The first kappa shape index (κ1) is 17.5. The molecule has 1 aromatic carbocycles. The van der Waals surface area contributed by atoms with Crippen LogP contribution in [0.15, 0.2) is 39.9 Å². The monoisotopic (exact) mass is 369 g/mol. The number of benzene rings is 1. The lowest BCUT2D eigenvalue weighted by Gasteiger charge is -2.12. The Labute approximate surface area is 156 Å². The minimum atomic E-state index is -0.357. The lowest BCUT2D eigenvalue weighted by atomic mass is 10.2. The normalized spacial score (nSPS) is 16.9. The molecule has 2 aromatic heterocycles. The van der Waals surface area contributed by atoms with E-state index in [1.807, 2.05) is 30.3 Å². The largest absolute Gasteiger partial charge is 0.376 e. The zero-order chi connectivity index (χ0) is 19.0. The summed E-state index contributed by atoms with van der Waals surface area (Å²) in [6, 6.07) is 9.48. The minimum absolute atomic E-state index is 0.137. The lowest BCUT2D eigenvalue weighted by Crippen LogP contribution is -2.39. The number of nitrogens with zero attached hydrogens (tertiary/aromatic N) is 4. The maximum Gasteiger partial charge on any atom is 0.331 e. The van der Waals surface area contributed by atoms with Gasteiger partial charge in [-0.2, -0.15) is 5.10 Å². The van der Waals surface area contributed by atoms with Crippen LogP contribution in [0.3, 0.4) is 0 Å². The first-order chi connectivity index (χ1) is 13.1. The number of ether oxygens (including phenoxy) is 1. The minimum Gasteiger partial charge on any atom is -0.376 e. The summed E-state index contributed by atoms with van der Waals surface area (Å²) in [5, 5.41) is 7.69. The standard InChI is InChI=1S/C19H23N5O3/c1-22-15-16(23(2)21-17(15)20-11-14-9-6-10-27-14)18(25)24(19(22)26)12-13-7-4-3-5-8-13/h3-5,7-8,14H,6,9-12H2,1-2H3,(H,20,21). The zero-order valence-corrected chi connectivity index (χ0v) is 15.5. The van der Waals surface area contributed by atoms with Crippen molar-refractivity contribution in [3.63, 3.8) is 0 Å². The highest BCUT2D eigenvalue weighted by Gasteiger charge is 2.21. The molecule has 0 bridgehead atoms. The smallest absolute Gasteiger partial charge is 0.331 e. The number of hydrogen-bond donors (Lipinski definition) is 1. The van der Waals surface area contributed by atoms with Crippen molar-refractivity contribution in [1.82, 2.24) is 18.9 Å². The second kappa shape index (κ2) is 7.03. The van der Waals surface area contributed by atoms with E-state index in [2.05, 4.69) is 10.4 Å². The molecule has 1 atom stereocenters. The van der Waals surface area contributed by atoms with Gasteiger partial charge in [0.05, 0.1) is 12.6 Å². The first-order valence-corrected chi connectivity index (χ1v) is 9.12. The summed E-state index contributed by atoms with van der Waals surface area (Å²) < 4.78 is 9.91. The van der Waals surface area contributed by atoms with Crippen LogP contribution in [0.2, 0.25) is 0 Å². The van der Waals surface area contributed by atoms with E-state index in [4.69, 9.17) is 4.74 Å². The van der Waals surface area contributed by atoms with Gasteiger partial charge in [-0.15, -0.1) is 0 Å². The van der Waals surface area contributed by atoms with Gasteiger partial charge in [0.25, 0.3) is 5.56 Å². The summed E-state index contributed by atoms with van der Waals surface area (Å²) >= 11 is 0. The molecule has 1 unspecified atom stereocenters. The Kier molecular flexibility index (Phi) is 4.57. The molecular formula is C19H23N5O3. The van der Waals surface area contributed by atoms with Crippen LogP contribution in [0.25, 0.3) is 11.0 Å². The molecule has 3 heterocycles. The third-order valence-electron chi connectivity index (χ3n) is 5.03. The van der Waals surface area contributed by atoms with Crippen molar-refractivity contribution in [3.8, 4) is 0 Å². The molecule has 27 heavy (non-hydrogen) atoms. The van der Waals surface area contributed by atoms with Crippen molar-refractivity contribution in [2.24, 2.45) is 14.1 Å². The van der Waals surface area contributed by atoms with Crippen molar-refractivity contribution in [2.45, 2.75) is 25.5 Å². The second-order valence-corrected chi connectivity index (χ2v) is 6.90. The first-order valence-electron chi connectivity index (χ1n) is 9.12. The van der Waals surface area contributed by atoms with E-state index in [1.54, 1.807) is 14.1 Å². The molecule has 0 spiro atoms. The number of nitrogens with one attached hydrogen (secondary N) is 1. The Bertz CT molecular complexity index is 1070. The second-order valence-electron chi connectivity index (χ2n) is 6.90. The average molecular weight is 369 g/mol. The maximum absolute atomic E-state index is 13.0. The Balaban J connectivity index is 1.76. The molecule has 8 nitrogen and oxygen atoms in total. The predicted octanol–water partition coefficient (Wildman–Crippen LogP) is 1.07. The summed E-state index contributed by atoms with van der Waals surface area (Å²) in [6.45, 7) is 1.61. The van der Waals surface area contributed by atoms with Crippen LogP contribution in [0, 0.1) is 0 Å². The molecular weight excluding hydrogens is 346 g/mol. The molecule has 0 aliphatic carbocycles. The predicted molar refractivity (Wildman–Crippen MR) is 103 cm³/mol. The number of aromatic nitrogens is 4. The molecule has 3 aromatic rings. The number of fused-ring (bicyclic) bond motifs is 1. The van der Waals surface area contributed by atoms with Gasteiger partial charge in [-0.1, -0.05) is 30.3 Å². The molecule has 1 fully saturated rings. The van der Waals surface area contributed by atoms with E-state index in [-0.39, 0.29) is 23.9 Å². The van der Waals surface area contributed by atoms with Gasteiger partial charge >= 0.3 is 5.69 Å². The molecule has 4 rings (SSSR count). The summed E-state index contributed by atoms with van der Waals surface area (Å²) in [6.07, 6.45) is 2.19. The van der Waals surface area contributed by atoms with E-state index < -0.39 is 0 Å². The van der Waals surface area contributed by atoms with E-state index in [1.165, 1.54) is 13.8 Å². The zero-order valence-electron chi connectivity index (χ0n) is 15.5. The van der Waals surface area contributed by atoms with Gasteiger partial charge < -0.3 is 10.1 Å². The van der Waals surface area contributed by atoms with Crippen molar-refractivity contribution in [3.05, 3.63) is 56.7 Å².